The molecule has 0 spiro atoms. The van der Waals surface area contributed by atoms with Crippen LogP contribution in [0.3, 0.4) is 0 Å². The number of fused-ring (bicyclic) bond motifs is 3. The number of sulfone groups is 1. The molecule has 1 saturated carbocycles. The number of benzene rings is 9. The molecule has 1 amide bonds. The molecule has 1 aliphatic carbocycles. The number of phenols is 1. The van der Waals surface area contributed by atoms with Gasteiger partial charge in [-0.1, -0.05) is 147 Å². The molecule has 112 heavy (non-hydrogen) atoms. The molecule has 3 aromatic heterocycles. The average molecular weight is 1580 g/mol. The van der Waals surface area contributed by atoms with E-state index < -0.39 is 19.9 Å². The monoisotopic (exact) mass is 1580 g/mol. The molecular formula is C88H89N9O11S4. The third kappa shape index (κ3) is 22.8. The van der Waals surface area contributed by atoms with Gasteiger partial charge in [-0.2, -0.15) is 0 Å². The van der Waals surface area contributed by atoms with E-state index >= 15 is 0 Å². The minimum atomic E-state index is -3.62. The summed E-state index contributed by atoms with van der Waals surface area (Å²) in [5, 5.41) is 17.8. The second kappa shape index (κ2) is 37.3. The highest BCUT2D eigenvalue weighted by atomic mass is 32.2. The zero-order valence-corrected chi connectivity index (χ0v) is 66.3. The number of aromatic hydroxyl groups is 1. The van der Waals surface area contributed by atoms with Crippen LogP contribution < -0.4 is 36.0 Å². The number of ether oxygens (including phenoxy) is 2. The molecule has 15 rings (SSSR count). The maximum atomic E-state index is 12.7. The van der Waals surface area contributed by atoms with Crippen molar-refractivity contribution in [2.75, 3.05) is 48.8 Å². The highest BCUT2D eigenvalue weighted by Gasteiger charge is 2.30. The number of amides is 1. The number of phenolic OH excluding ortho intramolecular Hbond substituents is 1. The number of sulfonamides is 1. The molecule has 12 aromatic rings. The van der Waals surface area contributed by atoms with Crippen molar-refractivity contribution in [1.82, 2.24) is 35.1 Å². The molecule has 20 nitrogen and oxygen atoms in total. The summed E-state index contributed by atoms with van der Waals surface area (Å²) < 4.78 is 69.1. The zero-order valence-electron chi connectivity index (χ0n) is 63.1. The summed E-state index contributed by atoms with van der Waals surface area (Å²) in [6.45, 7) is 15.5. The quantitative estimate of drug-likeness (QED) is 0.0312. The molecule has 3 aliphatic rings. The molecule has 2 aliphatic heterocycles. The number of aryl methyl sites for hydroxylation is 6. The van der Waals surface area contributed by atoms with Crippen LogP contribution in [0.25, 0.3) is 33.1 Å². The van der Waals surface area contributed by atoms with Gasteiger partial charge in [0, 0.05) is 114 Å². The summed E-state index contributed by atoms with van der Waals surface area (Å²) in [6.07, 6.45) is 5.61. The number of piperazine rings is 1. The second-order valence-electron chi connectivity index (χ2n) is 28.2. The summed E-state index contributed by atoms with van der Waals surface area (Å²) in [4.78, 5) is 58.7. The molecule has 0 atom stereocenters. The minimum absolute atomic E-state index is 0.0647. The van der Waals surface area contributed by atoms with Crippen LogP contribution in [0.1, 0.15) is 93.6 Å². The van der Waals surface area contributed by atoms with E-state index in [1.54, 1.807) is 48.5 Å². The van der Waals surface area contributed by atoms with Crippen LogP contribution in [0.4, 0.5) is 11.4 Å². The van der Waals surface area contributed by atoms with Crippen LogP contribution in [0.2, 0.25) is 0 Å². The number of aromatic amines is 1. The first-order valence-electron chi connectivity index (χ1n) is 37.2. The number of hydrogen-bond acceptors (Lipinski definition) is 18. The number of nitrogens with zero attached hydrogens (tertiary/aromatic N) is 5. The largest absolute Gasteiger partial charge is 0.508 e. The number of aromatic nitrogens is 4. The third-order valence-corrected chi connectivity index (χ3v) is 22.8. The summed E-state index contributed by atoms with van der Waals surface area (Å²) in [5.74, 6) is 3.13. The number of H-pyrrole nitrogens is 1. The SMILES string of the molecule is CCc1cc2c(CN3CCN(Cc4ccc5c(c4)OCO5)CC3)cc(=O)oc2cc1O.Cc1cc(C)cc(NS(=O)(=O)c2ccc(CC(=S)Cc3ccccc3)cc2)c1.Cc1ccc2c(C)nc(Cc3nc(-c4ccccc4)cc(=O)[nH]3)nc2c1.O=C(NC(=S)Nc1ccc(S(=O)(=O)CCCc2ccccc2)cc1)C1CC1. The lowest BCUT2D eigenvalue weighted by molar-refractivity contribution is -0.120. The summed E-state index contributed by atoms with van der Waals surface area (Å²) in [6, 6.07) is 67.4. The van der Waals surface area contributed by atoms with Gasteiger partial charge in [-0.25, -0.2) is 36.6 Å². The fraction of sp³-hybridized carbons (Fsp3) is 0.250. The number of nitrogens with one attached hydrogen (secondary N) is 4. The van der Waals surface area contributed by atoms with Crippen LogP contribution in [0.5, 0.6) is 17.2 Å². The van der Waals surface area contributed by atoms with Crippen LogP contribution in [0.15, 0.2) is 242 Å². The second-order valence-corrected chi connectivity index (χ2v) is 33.0. The van der Waals surface area contributed by atoms with Crippen molar-refractivity contribution in [2.45, 2.75) is 109 Å². The summed E-state index contributed by atoms with van der Waals surface area (Å²) in [7, 11) is -6.95. The van der Waals surface area contributed by atoms with Crippen molar-refractivity contribution in [1.29, 1.82) is 0 Å². The lowest BCUT2D eigenvalue weighted by Crippen LogP contribution is -2.45. The summed E-state index contributed by atoms with van der Waals surface area (Å²) in [5.41, 5.74) is 14.0. The topological polar surface area (TPSA) is 268 Å². The van der Waals surface area contributed by atoms with Crippen LogP contribution in [-0.4, -0.2) is 106 Å². The molecule has 24 heteroatoms. The Hall–Kier alpha value is -11.1. The fourth-order valence-electron chi connectivity index (χ4n) is 13.2. The molecule has 1 saturated heterocycles. The van der Waals surface area contributed by atoms with E-state index in [0.717, 1.165) is 148 Å². The van der Waals surface area contributed by atoms with Crippen LogP contribution >= 0.6 is 24.4 Å². The lowest BCUT2D eigenvalue weighted by Gasteiger charge is -2.34. The van der Waals surface area contributed by atoms with E-state index in [9.17, 15) is 36.3 Å². The van der Waals surface area contributed by atoms with Gasteiger partial charge in [-0.15, -0.1) is 0 Å². The molecule has 0 radical (unpaired) electrons. The van der Waals surface area contributed by atoms with E-state index in [1.807, 2.05) is 168 Å². The van der Waals surface area contributed by atoms with Gasteiger partial charge in [-0.05, 0) is 195 Å². The van der Waals surface area contributed by atoms with Crippen molar-refractivity contribution in [2.24, 2.45) is 5.92 Å². The maximum Gasteiger partial charge on any atom is 0.336 e. The summed E-state index contributed by atoms with van der Waals surface area (Å²) >= 11 is 10.6. The molecule has 9 aromatic carbocycles. The average Bonchev–Trinajstić information content (AvgIpc) is 1.31. The fourth-order valence-corrected chi connectivity index (χ4v) is 16.1. The Labute approximate surface area is 663 Å². The van der Waals surface area contributed by atoms with E-state index in [1.165, 1.54) is 17.2 Å². The molecule has 0 unspecified atom stereocenters. The van der Waals surface area contributed by atoms with Gasteiger partial charge in [0.15, 0.2) is 26.4 Å². The predicted molar refractivity (Wildman–Crippen MR) is 449 cm³/mol. The molecule has 576 valence electrons. The van der Waals surface area contributed by atoms with Crippen molar-refractivity contribution in [3.05, 3.63) is 307 Å². The molecule has 5 heterocycles. The van der Waals surface area contributed by atoms with Crippen molar-refractivity contribution < 1.29 is 40.6 Å². The standard InChI is InChI=1S/C24H26N2O5.C23H23NO2S2.C21H18N4O.C20H22N2O3S2/c1-2-17-10-19-18(11-24(28)31-22(19)12-20(17)27)14-26-7-5-25(6-8-26)13-16-3-4-21-23(9-16)30-15-29-21;1-17-12-18(2)14-21(13-17)24-28(25,26)23-10-8-20(9-11-23)16-22(27)15-19-6-4-3-5-7-19;1-13-8-9-16-14(2)22-19(24-18(16)10-13)12-20-23-17(11-21(26)25-20)15-6-4-3-5-7-15;23-19(16-8-9-16)22-20(26)21-17-10-12-18(13-11-17)27(24,25)14-4-7-15-5-2-1-3-6-15/h3-4,9-12,27H,2,5-8,13-15H2,1H3;3-14,24H,15-16H2,1-2H3;3-11H,12H2,1-2H3,(H,23,25,26);1-3,5-6,10-13,16H,4,7-9,14H2,(H2,21,22,23,26). The molecule has 5 N–H and O–H groups in total. The number of rotatable bonds is 22. The van der Waals surface area contributed by atoms with Gasteiger partial charge in [0.2, 0.25) is 12.7 Å². The first-order chi connectivity index (χ1) is 53.9. The molecule has 0 bridgehead atoms. The lowest BCUT2D eigenvalue weighted by atomic mass is 10.0. The Balaban J connectivity index is 0.000000139. The van der Waals surface area contributed by atoms with Gasteiger partial charge in [0.05, 0.1) is 33.2 Å². The number of thiocarbonyl (C=S) groups is 2. The van der Waals surface area contributed by atoms with Gasteiger partial charge in [0.1, 0.15) is 23.0 Å². The van der Waals surface area contributed by atoms with Crippen molar-refractivity contribution in [3.8, 4) is 28.5 Å². The van der Waals surface area contributed by atoms with E-state index in [4.69, 9.17) is 38.3 Å². The van der Waals surface area contributed by atoms with Gasteiger partial charge >= 0.3 is 5.63 Å². The Morgan fingerprint density at radius 2 is 1.22 bits per heavy atom. The zero-order chi connectivity index (χ0) is 78.9. The number of hydrogen-bond donors (Lipinski definition) is 5. The van der Waals surface area contributed by atoms with Crippen LogP contribution in [-0.2, 0) is 69.8 Å². The Kier molecular flexibility index (Phi) is 26.8. The number of carbonyl (C=O) groups excluding carboxylic acids is 1. The Morgan fingerprint density at radius 3 is 1.89 bits per heavy atom. The first-order valence-corrected chi connectivity index (χ1v) is 41.1. The van der Waals surface area contributed by atoms with Crippen LogP contribution in [0, 0.1) is 33.6 Å². The Bertz CT molecular complexity index is 5690. The smallest absolute Gasteiger partial charge is 0.336 e. The first kappa shape index (κ1) is 80.4. The molecule has 2 fully saturated rings. The van der Waals surface area contributed by atoms with E-state index in [2.05, 4.69) is 75.4 Å². The van der Waals surface area contributed by atoms with Gasteiger partial charge < -0.3 is 34.6 Å². The highest BCUT2D eigenvalue weighted by molar-refractivity contribution is 7.92. The van der Waals surface area contributed by atoms with E-state index in [0.29, 0.717) is 66.9 Å². The number of anilines is 2. The van der Waals surface area contributed by atoms with Gasteiger partial charge in [0.25, 0.3) is 15.6 Å². The third-order valence-electron chi connectivity index (χ3n) is 19.1. The minimum Gasteiger partial charge on any atom is -0.508 e. The number of carbonyl (C=O) groups is 1. The maximum absolute atomic E-state index is 12.7. The van der Waals surface area contributed by atoms with E-state index in [-0.39, 0.29) is 49.4 Å². The normalized spacial score (nSPS) is 13.3. The molecular weight excluding hydrogens is 1490 g/mol. The predicted octanol–water partition coefficient (Wildman–Crippen LogP) is 15.3. The Morgan fingerprint density at radius 1 is 0.598 bits per heavy atom. The van der Waals surface area contributed by atoms with Gasteiger partial charge in [-0.3, -0.25) is 24.1 Å². The van der Waals surface area contributed by atoms with Crippen molar-refractivity contribution >= 4 is 93.4 Å². The van der Waals surface area contributed by atoms with Crippen molar-refractivity contribution in [3.63, 3.8) is 0 Å². The highest BCUT2D eigenvalue weighted by Crippen LogP contribution is 2.34.